The zero-order valence-corrected chi connectivity index (χ0v) is 12.5. The summed E-state index contributed by atoms with van der Waals surface area (Å²) in [5.41, 5.74) is 0.0707. The first-order valence-corrected chi connectivity index (χ1v) is 7.61. The van der Waals surface area contributed by atoms with E-state index in [2.05, 4.69) is 0 Å². The minimum Gasteiger partial charge on any atom is -0.393 e. The van der Waals surface area contributed by atoms with Crippen LogP contribution in [0.15, 0.2) is 6.07 Å². The van der Waals surface area contributed by atoms with Gasteiger partial charge in [-0.1, -0.05) is 0 Å². The minimum atomic E-state index is -0.692. The lowest BCUT2D eigenvalue weighted by Gasteiger charge is -2.33. The van der Waals surface area contributed by atoms with Crippen molar-refractivity contribution < 1.29 is 15.1 Å². The topological polar surface area (TPSA) is 86.8 Å². The summed E-state index contributed by atoms with van der Waals surface area (Å²) in [6.45, 7) is 4.81. The predicted molar refractivity (Wildman–Crippen MR) is 78.2 cm³/mol. The summed E-state index contributed by atoms with van der Waals surface area (Å²) in [5, 5.41) is 30.9. The minimum absolute atomic E-state index is 0.0707. The van der Waals surface area contributed by atoms with Gasteiger partial charge in [0.2, 0.25) is 0 Å². The molecule has 7 heteroatoms. The van der Waals surface area contributed by atoms with Gasteiger partial charge in [-0.25, -0.2) is 0 Å². The van der Waals surface area contributed by atoms with Crippen LogP contribution >= 0.6 is 11.3 Å². The molecule has 112 valence electrons. The van der Waals surface area contributed by atoms with Crippen molar-refractivity contribution in [1.82, 2.24) is 0 Å². The first-order chi connectivity index (χ1) is 9.40. The van der Waals surface area contributed by atoms with Gasteiger partial charge in [-0.15, -0.1) is 11.3 Å². The van der Waals surface area contributed by atoms with Gasteiger partial charge >= 0.3 is 5.69 Å². The van der Waals surface area contributed by atoms with E-state index in [0.717, 1.165) is 12.8 Å². The Balaban J connectivity index is 2.18. The normalized spacial score (nSPS) is 19.9. The SMILES string of the molecule is CC(O)C1CCN(c2sc([C@@H](C)O)cc2[N+](=O)[O-])CC1. The van der Waals surface area contributed by atoms with Gasteiger partial charge in [-0.05, 0) is 32.6 Å². The Morgan fingerprint density at radius 1 is 1.40 bits per heavy atom. The monoisotopic (exact) mass is 300 g/mol. The van der Waals surface area contributed by atoms with Crippen molar-refractivity contribution >= 4 is 22.0 Å². The Bertz CT molecular complexity index is 479. The summed E-state index contributed by atoms with van der Waals surface area (Å²) >= 11 is 1.28. The van der Waals surface area contributed by atoms with Gasteiger partial charge in [-0.3, -0.25) is 10.1 Å². The molecule has 1 unspecified atom stereocenters. The number of hydrogen-bond donors (Lipinski definition) is 2. The van der Waals surface area contributed by atoms with Crippen LogP contribution in [-0.2, 0) is 0 Å². The number of hydrogen-bond acceptors (Lipinski definition) is 6. The van der Waals surface area contributed by atoms with Crippen LogP contribution in [0, 0.1) is 16.0 Å². The molecule has 0 radical (unpaired) electrons. The molecule has 1 aromatic heterocycles. The molecular formula is C13H20N2O4S. The summed E-state index contributed by atoms with van der Waals surface area (Å²) in [5.74, 6) is 0.265. The number of thiophene rings is 1. The first-order valence-electron chi connectivity index (χ1n) is 6.79. The largest absolute Gasteiger partial charge is 0.393 e. The van der Waals surface area contributed by atoms with Crippen LogP contribution < -0.4 is 4.90 Å². The van der Waals surface area contributed by atoms with Crippen LogP contribution in [0.1, 0.15) is 37.7 Å². The number of anilines is 1. The standard InChI is InChI=1S/C13H20N2O4S/c1-8(16)10-3-5-14(6-4-10)13-11(15(18)19)7-12(20-13)9(2)17/h7-10,16-17H,3-6H2,1-2H3/t8?,9-/m1/s1. The summed E-state index contributed by atoms with van der Waals surface area (Å²) in [4.78, 5) is 13.4. The molecular weight excluding hydrogens is 280 g/mol. The highest BCUT2D eigenvalue weighted by Crippen LogP contribution is 2.41. The third-order valence-corrected chi connectivity index (χ3v) is 5.19. The highest BCUT2D eigenvalue weighted by atomic mass is 32.1. The van der Waals surface area contributed by atoms with Gasteiger partial charge < -0.3 is 15.1 Å². The number of rotatable bonds is 4. The Labute approximate surface area is 121 Å². The van der Waals surface area contributed by atoms with Gasteiger partial charge in [0.05, 0.1) is 17.1 Å². The molecule has 0 saturated carbocycles. The summed E-state index contributed by atoms with van der Waals surface area (Å²) in [6.07, 6.45) is 0.638. The zero-order valence-electron chi connectivity index (χ0n) is 11.7. The fraction of sp³-hybridized carbons (Fsp3) is 0.692. The first kappa shape index (κ1) is 15.2. The number of nitrogens with zero attached hydrogens (tertiary/aromatic N) is 2. The summed E-state index contributed by atoms with van der Waals surface area (Å²) in [7, 11) is 0. The maximum Gasteiger partial charge on any atom is 0.304 e. The molecule has 2 rings (SSSR count). The van der Waals surface area contributed by atoms with Crippen LogP contribution in [0.2, 0.25) is 0 Å². The quantitative estimate of drug-likeness (QED) is 0.658. The molecule has 1 saturated heterocycles. The third kappa shape index (κ3) is 3.11. The highest BCUT2D eigenvalue weighted by Gasteiger charge is 2.29. The molecule has 2 heterocycles. The lowest BCUT2D eigenvalue weighted by molar-refractivity contribution is -0.383. The smallest absolute Gasteiger partial charge is 0.304 e. The fourth-order valence-corrected chi connectivity index (χ4v) is 3.65. The lowest BCUT2D eigenvalue weighted by Crippen LogP contribution is -2.36. The number of aliphatic hydroxyl groups excluding tert-OH is 2. The Morgan fingerprint density at radius 2 is 2.00 bits per heavy atom. The zero-order chi connectivity index (χ0) is 14.9. The third-order valence-electron chi connectivity index (χ3n) is 3.83. The molecule has 0 spiro atoms. The number of nitro groups is 1. The van der Waals surface area contributed by atoms with Crippen molar-refractivity contribution in [1.29, 1.82) is 0 Å². The van der Waals surface area contributed by atoms with E-state index in [1.807, 2.05) is 4.90 Å². The average Bonchev–Trinajstić information content (AvgIpc) is 2.84. The van der Waals surface area contributed by atoms with Crippen molar-refractivity contribution in [2.75, 3.05) is 18.0 Å². The maximum atomic E-state index is 11.1. The van der Waals surface area contributed by atoms with Crippen LogP contribution in [0.4, 0.5) is 10.7 Å². The van der Waals surface area contributed by atoms with Crippen molar-refractivity contribution in [2.45, 2.75) is 38.9 Å². The van der Waals surface area contributed by atoms with E-state index in [4.69, 9.17) is 0 Å². The second kappa shape index (κ2) is 6.07. The molecule has 0 aromatic carbocycles. The molecule has 0 amide bonds. The van der Waals surface area contributed by atoms with Crippen molar-refractivity contribution in [2.24, 2.45) is 5.92 Å². The second-order valence-corrected chi connectivity index (χ2v) is 6.40. The molecule has 1 aliphatic rings. The van der Waals surface area contributed by atoms with E-state index in [9.17, 15) is 20.3 Å². The fourth-order valence-electron chi connectivity index (χ4n) is 2.54. The highest BCUT2D eigenvalue weighted by molar-refractivity contribution is 7.16. The van der Waals surface area contributed by atoms with Gasteiger partial charge in [-0.2, -0.15) is 0 Å². The number of piperidine rings is 1. The lowest BCUT2D eigenvalue weighted by atomic mass is 9.92. The van der Waals surface area contributed by atoms with Gasteiger partial charge in [0, 0.05) is 24.0 Å². The molecule has 6 nitrogen and oxygen atoms in total. The molecule has 20 heavy (non-hydrogen) atoms. The van der Waals surface area contributed by atoms with Crippen LogP contribution in [0.3, 0.4) is 0 Å². The maximum absolute atomic E-state index is 11.1. The predicted octanol–water partition coefficient (Wildman–Crippen LogP) is 2.31. The van der Waals surface area contributed by atoms with E-state index in [0.29, 0.717) is 23.0 Å². The number of aliphatic hydroxyl groups is 2. The van der Waals surface area contributed by atoms with Gasteiger partial charge in [0.25, 0.3) is 0 Å². The second-order valence-electron chi connectivity index (χ2n) is 5.34. The molecule has 0 bridgehead atoms. The van der Waals surface area contributed by atoms with E-state index >= 15 is 0 Å². The summed E-state index contributed by atoms with van der Waals surface area (Å²) < 4.78 is 0. The van der Waals surface area contributed by atoms with Crippen molar-refractivity contribution in [3.8, 4) is 0 Å². The summed E-state index contributed by atoms with van der Waals surface area (Å²) in [6, 6.07) is 1.46. The Morgan fingerprint density at radius 3 is 2.45 bits per heavy atom. The van der Waals surface area contributed by atoms with E-state index in [-0.39, 0.29) is 17.7 Å². The molecule has 2 atom stereocenters. The van der Waals surface area contributed by atoms with Gasteiger partial charge in [0.15, 0.2) is 5.00 Å². The molecule has 1 fully saturated rings. The molecule has 0 aliphatic carbocycles. The molecule has 1 aromatic rings. The van der Waals surface area contributed by atoms with Crippen LogP contribution in [0.5, 0.6) is 0 Å². The van der Waals surface area contributed by atoms with Crippen LogP contribution in [-0.4, -0.2) is 34.3 Å². The van der Waals surface area contributed by atoms with E-state index in [1.54, 1.807) is 13.8 Å². The molecule has 1 aliphatic heterocycles. The van der Waals surface area contributed by atoms with Crippen molar-refractivity contribution in [3.05, 3.63) is 21.1 Å². The Kier molecular flexibility index (Phi) is 4.62. The average molecular weight is 300 g/mol. The van der Waals surface area contributed by atoms with Crippen molar-refractivity contribution in [3.63, 3.8) is 0 Å². The Hall–Kier alpha value is -1.18. The van der Waals surface area contributed by atoms with Crippen LogP contribution in [0.25, 0.3) is 0 Å². The van der Waals surface area contributed by atoms with E-state index < -0.39 is 11.0 Å². The van der Waals surface area contributed by atoms with E-state index in [1.165, 1.54) is 17.4 Å². The molecule has 2 N–H and O–H groups in total. The van der Waals surface area contributed by atoms with Gasteiger partial charge in [0.1, 0.15) is 0 Å².